The molecule has 5 nitrogen and oxygen atoms in total. The molecule has 1 aliphatic rings. The molecule has 2 unspecified atom stereocenters. The van der Waals surface area contributed by atoms with E-state index >= 15 is 0 Å². The quantitative estimate of drug-likeness (QED) is 0.654. The molecule has 1 rings (SSSR count). The smallest absolute Gasteiger partial charge is 0.221 e. The number of hydrogen-bond donors (Lipinski definition) is 2. The van der Waals surface area contributed by atoms with Crippen LogP contribution in [0.15, 0.2) is 0 Å². The summed E-state index contributed by atoms with van der Waals surface area (Å²) in [6.07, 6.45) is 2.55. The van der Waals surface area contributed by atoms with Gasteiger partial charge in [-0.25, -0.2) is 0 Å². The van der Waals surface area contributed by atoms with Crippen LogP contribution in [0.4, 0.5) is 0 Å². The summed E-state index contributed by atoms with van der Waals surface area (Å²) in [5, 5.41) is 3.10. The number of likely N-dealkylation sites (tertiary alicyclic amines) is 1. The summed E-state index contributed by atoms with van der Waals surface area (Å²) in [5.74, 6) is 0.590. The number of halogens is 2. The van der Waals surface area contributed by atoms with Gasteiger partial charge in [0.15, 0.2) is 0 Å². The van der Waals surface area contributed by atoms with Crippen LogP contribution in [0.25, 0.3) is 0 Å². The Morgan fingerprint density at radius 2 is 2.14 bits per heavy atom. The van der Waals surface area contributed by atoms with Crippen LogP contribution < -0.4 is 11.1 Å². The molecule has 0 saturated carbocycles. The molecule has 0 bridgehead atoms. The Bertz CT molecular complexity index is 271. The lowest BCUT2D eigenvalue weighted by Gasteiger charge is -2.37. The molecule has 0 aromatic heterocycles. The molecular formula is C14H31Cl2N3O2. The number of hydrogen-bond acceptors (Lipinski definition) is 4. The van der Waals surface area contributed by atoms with Gasteiger partial charge >= 0.3 is 0 Å². The van der Waals surface area contributed by atoms with Crippen molar-refractivity contribution in [1.82, 2.24) is 10.2 Å². The number of rotatable bonds is 8. The molecule has 21 heavy (non-hydrogen) atoms. The van der Waals surface area contributed by atoms with E-state index in [1.165, 1.54) is 0 Å². The summed E-state index contributed by atoms with van der Waals surface area (Å²) in [6, 6.07) is 0.308. The van der Waals surface area contributed by atoms with Crippen molar-refractivity contribution in [3.63, 3.8) is 0 Å². The number of ether oxygens (including phenoxy) is 1. The molecule has 3 N–H and O–H groups in total. The van der Waals surface area contributed by atoms with E-state index in [0.29, 0.717) is 24.9 Å². The van der Waals surface area contributed by atoms with Gasteiger partial charge in [-0.15, -0.1) is 24.8 Å². The fourth-order valence-corrected chi connectivity index (χ4v) is 2.59. The van der Waals surface area contributed by atoms with Crippen LogP contribution >= 0.6 is 24.8 Å². The fourth-order valence-electron chi connectivity index (χ4n) is 2.59. The molecule has 1 saturated heterocycles. The number of carbonyl (C=O) groups excluding carboxylic acids is 1. The molecule has 0 aromatic carbocycles. The minimum atomic E-state index is 0. The average molecular weight is 344 g/mol. The first kappa shape index (κ1) is 23.2. The second-order valence-corrected chi connectivity index (χ2v) is 5.33. The maximum atomic E-state index is 11.6. The molecule has 1 aliphatic heterocycles. The third-order valence-electron chi connectivity index (χ3n) is 3.67. The van der Waals surface area contributed by atoms with Crippen LogP contribution in [0.5, 0.6) is 0 Å². The van der Waals surface area contributed by atoms with Crippen LogP contribution in [0.3, 0.4) is 0 Å². The molecule has 1 fully saturated rings. The molecule has 2 atom stereocenters. The maximum Gasteiger partial charge on any atom is 0.221 e. The highest BCUT2D eigenvalue weighted by Crippen LogP contribution is 2.17. The van der Waals surface area contributed by atoms with Gasteiger partial charge in [-0.2, -0.15) is 0 Å². The van der Waals surface area contributed by atoms with Crippen molar-refractivity contribution in [2.75, 3.05) is 39.4 Å². The topological polar surface area (TPSA) is 67.6 Å². The van der Waals surface area contributed by atoms with E-state index < -0.39 is 0 Å². The zero-order valence-corrected chi connectivity index (χ0v) is 14.8. The van der Waals surface area contributed by atoms with Crippen LogP contribution in [0.2, 0.25) is 0 Å². The van der Waals surface area contributed by atoms with Gasteiger partial charge in [0, 0.05) is 51.9 Å². The summed E-state index contributed by atoms with van der Waals surface area (Å²) in [5.41, 5.74) is 5.39. The minimum Gasteiger partial charge on any atom is -0.382 e. The number of nitrogens with zero attached hydrogens (tertiary/aromatic N) is 1. The molecule has 7 heteroatoms. The Balaban J connectivity index is 0. The first-order chi connectivity index (χ1) is 9.17. The van der Waals surface area contributed by atoms with Gasteiger partial charge in [-0.3, -0.25) is 4.79 Å². The van der Waals surface area contributed by atoms with Crippen LogP contribution in [-0.4, -0.2) is 56.2 Å². The standard InChI is InChI=1S/C14H29N3O2.2ClH/c1-3-19-10-4-8-17-9-6-13(12(2)11-17)16-14(18)5-7-15;;/h12-13H,3-11,15H2,1-2H3,(H,16,18);2*1H. The van der Waals surface area contributed by atoms with Gasteiger partial charge in [0.2, 0.25) is 5.91 Å². The van der Waals surface area contributed by atoms with E-state index in [2.05, 4.69) is 17.1 Å². The largest absolute Gasteiger partial charge is 0.382 e. The second kappa shape index (κ2) is 13.6. The van der Waals surface area contributed by atoms with Gasteiger partial charge in [0.05, 0.1) is 0 Å². The number of piperidine rings is 1. The number of nitrogens with one attached hydrogen (secondary N) is 1. The number of amides is 1. The van der Waals surface area contributed by atoms with Gasteiger partial charge in [0.25, 0.3) is 0 Å². The van der Waals surface area contributed by atoms with Crippen LogP contribution in [-0.2, 0) is 9.53 Å². The third kappa shape index (κ3) is 9.53. The van der Waals surface area contributed by atoms with E-state index in [9.17, 15) is 4.79 Å². The van der Waals surface area contributed by atoms with E-state index in [1.54, 1.807) is 0 Å². The van der Waals surface area contributed by atoms with Gasteiger partial charge in [-0.05, 0) is 25.7 Å². The summed E-state index contributed by atoms with van der Waals surface area (Å²) < 4.78 is 5.36. The zero-order chi connectivity index (χ0) is 14.1. The van der Waals surface area contributed by atoms with E-state index in [-0.39, 0.29) is 30.7 Å². The summed E-state index contributed by atoms with van der Waals surface area (Å²) in [7, 11) is 0. The first-order valence-electron chi connectivity index (χ1n) is 7.46. The lowest BCUT2D eigenvalue weighted by Crippen LogP contribution is -2.50. The Morgan fingerprint density at radius 1 is 1.43 bits per heavy atom. The van der Waals surface area contributed by atoms with E-state index in [1.807, 2.05) is 6.92 Å². The van der Waals surface area contributed by atoms with Crippen molar-refractivity contribution in [2.45, 2.75) is 39.2 Å². The van der Waals surface area contributed by atoms with Gasteiger partial charge < -0.3 is 20.7 Å². The molecule has 128 valence electrons. The van der Waals surface area contributed by atoms with Crippen LogP contribution in [0.1, 0.15) is 33.1 Å². The summed E-state index contributed by atoms with van der Waals surface area (Å²) >= 11 is 0. The summed E-state index contributed by atoms with van der Waals surface area (Å²) in [6.45, 7) is 9.51. The predicted octanol–water partition coefficient (Wildman–Crippen LogP) is 1.43. The van der Waals surface area contributed by atoms with E-state index in [4.69, 9.17) is 10.5 Å². The first-order valence-corrected chi connectivity index (χ1v) is 7.46. The molecular weight excluding hydrogens is 313 g/mol. The van der Waals surface area contributed by atoms with Gasteiger partial charge in [-0.1, -0.05) is 6.92 Å². The molecule has 0 aliphatic carbocycles. The van der Waals surface area contributed by atoms with E-state index in [0.717, 1.165) is 45.7 Å². The lowest BCUT2D eigenvalue weighted by atomic mass is 9.93. The summed E-state index contributed by atoms with van der Waals surface area (Å²) in [4.78, 5) is 14.0. The molecule has 1 amide bonds. The van der Waals surface area contributed by atoms with Crippen molar-refractivity contribution in [3.05, 3.63) is 0 Å². The van der Waals surface area contributed by atoms with Crippen molar-refractivity contribution in [2.24, 2.45) is 11.7 Å². The Labute approximate surface area is 141 Å². The molecule has 0 aromatic rings. The number of nitrogens with two attached hydrogens (primary N) is 1. The fraction of sp³-hybridized carbons (Fsp3) is 0.929. The number of carbonyl (C=O) groups is 1. The molecule has 1 heterocycles. The molecule has 0 spiro atoms. The highest BCUT2D eigenvalue weighted by Gasteiger charge is 2.26. The highest BCUT2D eigenvalue weighted by atomic mass is 35.5. The zero-order valence-electron chi connectivity index (χ0n) is 13.2. The Hall–Kier alpha value is -0.0700. The Morgan fingerprint density at radius 3 is 2.71 bits per heavy atom. The minimum absolute atomic E-state index is 0. The third-order valence-corrected chi connectivity index (χ3v) is 3.67. The normalized spacial score (nSPS) is 22.0. The monoisotopic (exact) mass is 343 g/mol. The van der Waals surface area contributed by atoms with Crippen molar-refractivity contribution in [1.29, 1.82) is 0 Å². The van der Waals surface area contributed by atoms with Gasteiger partial charge in [0.1, 0.15) is 0 Å². The second-order valence-electron chi connectivity index (χ2n) is 5.33. The van der Waals surface area contributed by atoms with Crippen LogP contribution in [0, 0.1) is 5.92 Å². The van der Waals surface area contributed by atoms with Crippen molar-refractivity contribution < 1.29 is 9.53 Å². The molecule has 0 radical (unpaired) electrons. The lowest BCUT2D eigenvalue weighted by molar-refractivity contribution is -0.122. The Kier molecular flexibility index (Phi) is 15.0. The average Bonchev–Trinajstić information content (AvgIpc) is 2.38. The van der Waals surface area contributed by atoms with Crippen molar-refractivity contribution >= 4 is 30.7 Å². The maximum absolute atomic E-state index is 11.6. The highest BCUT2D eigenvalue weighted by molar-refractivity contribution is 5.85. The predicted molar refractivity (Wildman–Crippen MR) is 91.4 cm³/mol. The van der Waals surface area contributed by atoms with Crippen molar-refractivity contribution in [3.8, 4) is 0 Å². The SMILES string of the molecule is CCOCCCN1CCC(NC(=O)CCN)C(C)C1.Cl.Cl.